The van der Waals surface area contributed by atoms with Crippen LogP contribution >= 0.6 is 0 Å². The minimum absolute atomic E-state index is 0.143. The molecule has 5 rings (SSSR count). The van der Waals surface area contributed by atoms with Gasteiger partial charge >= 0.3 is 0 Å². The van der Waals surface area contributed by atoms with Gasteiger partial charge in [-0.25, -0.2) is 9.97 Å². The molecule has 0 saturated heterocycles. The summed E-state index contributed by atoms with van der Waals surface area (Å²) in [6, 6.07) is 12.3. The lowest BCUT2D eigenvalue weighted by molar-refractivity contribution is 0.412. The van der Waals surface area contributed by atoms with Crippen LogP contribution < -0.4 is 0 Å². The number of rotatable bonds is 1. The van der Waals surface area contributed by atoms with Crippen LogP contribution in [-0.4, -0.2) is 19.5 Å². The van der Waals surface area contributed by atoms with Gasteiger partial charge in [-0.1, -0.05) is 6.07 Å². The van der Waals surface area contributed by atoms with E-state index >= 15 is 0 Å². The molecule has 28 heavy (non-hydrogen) atoms. The molecule has 0 amide bonds. The minimum atomic E-state index is -0.143. The van der Waals surface area contributed by atoms with Crippen molar-refractivity contribution in [1.29, 1.82) is 0 Å². The van der Waals surface area contributed by atoms with E-state index < -0.39 is 0 Å². The summed E-state index contributed by atoms with van der Waals surface area (Å²) in [5.74, 6) is 0.924. The number of fused-ring (bicyclic) bond motifs is 4. The zero-order valence-electron chi connectivity index (χ0n) is 16.7. The second kappa shape index (κ2) is 5.64. The zero-order chi connectivity index (χ0) is 19.6. The van der Waals surface area contributed by atoms with Gasteiger partial charge in [-0.05, 0) is 65.0 Å². The minimum Gasteiger partial charge on any atom is -0.438 e. The van der Waals surface area contributed by atoms with Crippen LogP contribution in [-0.2, 0) is 5.54 Å². The molecular weight excluding hydrogens is 348 g/mol. The van der Waals surface area contributed by atoms with Gasteiger partial charge in [-0.2, -0.15) is 0 Å². The van der Waals surface area contributed by atoms with E-state index in [0.717, 1.165) is 50.2 Å². The van der Waals surface area contributed by atoms with Gasteiger partial charge in [0.2, 0.25) is 5.71 Å². The van der Waals surface area contributed by atoms with E-state index in [2.05, 4.69) is 66.5 Å². The molecule has 0 spiro atoms. The second-order valence-electron chi connectivity index (χ2n) is 8.33. The van der Waals surface area contributed by atoms with Crippen LogP contribution in [0.5, 0.6) is 0 Å². The van der Waals surface area contributed by atoms with Crippen molar-refractivity contribution in [3.05, 3.63) is 54.0 Å². The molecule has 5 heteroatoms. The van der Waals surface area contributed by atoms with Crippen molar-refractivity contribution < 1.29 is 4.42 Å². The predicted molar refractivity (Wildman–Crippen MR) is 113 cm³/mol. The Morgan fingerprint density at radius 1 is 0.964 bits per heavy atom. The maximum atomic E-state index is 6.00. The predicted octanol–water partition coefficient (Wildman–Crippen LogP) is 5.76. The van der Waals surface area contributed by atoms with Crippen molar-refractivity contribution in [2.45, 2.75) is 40.2 Å². The number of furan rings is 1. The first-order valence-corrected chi connectivity index (χ1v) is 9.48. The number of benzene rings is 1. The van der Waals surface area contributed by atoms with E-state index in [-0.39, 0.29) is 5.54 Å². The third kappa shape index (κ3) is 2.43. The van der Waals surface area contributed by atoms with Gasteiger partial charge in [0, 0.05) is 33.8 Å². The fourth-order valence-corrected chi connectivity index (χ4v) is 4.03. The lowest BCUT2D eigenvalue weighted by Crippen LogP contribution is -2.23. The Kier molecular flexibility index (Phi) is 3.41. The van der Waals surface area contributed by atoms with Gasteiger partial charge in [0.1, 0.15) is 11.4 Å². The maximum Gasteiger partial charge on any atom is 0.227 e. The van der Waals surface area contributed by atoms with Crippen molar-refractivity contribution in [2.75, 3.05) is 0 Å². The number of aryl methyl sites for hydroxylation is 2. The Hall–Kier alpha value is -3.21. The number of hydrogen-bond acceptors (Lipinski definition) is 4. The third-order valence-electron chi connectivity index (χ3n) is 5.12. The molecule has 0 unspecified atom stereocenters. The smallest absolute Gasteiger partial charge is 0.227 e. The largest absolute Gasteiger partial charge is 0.438 e. The summed E-state index contributed by atoms with van der Waals surface area (Å²) >= 11 is 0. The van der Waals surface area contributed by atoms with E-state index in [1.165, 1.54) is 0 Å². The summed E-state index contributed by atoms with van der Waals surface area (Å²) < 4.78 is 8.28. The number of aromatic nitrogens is 4. The van der Waals surface area contributed by atoms with E-state index in [0.29, 0.717) is 5.71 Å². The molecule has 0 bridgehead atoms. The SMILES string of the molecule is Cc1cc2nc(-c3ccc4c(c3)oc3ncccc34)n(C(C)(C)C)c2c(C)n1. The molecular formula is C23H22N4O. The Bertz CT molecular complexity index is 1370. The molecule has 5 nitrogen and oxygen atoms in total. The molecule has 0 fully saturated rings. The summed E-state index contributed by atoms with van der Waals surface area (Å²) in [4.78, 5) is 14.0. The van der Waals surface area contributed by atoms with Crippen molar-refractivity contribution in [1.82, 2.24) is 19.5 Å². The first-order valence-electron chi connectivity index (χ1n) is 9.48. The summed E-state index contributed by atoms with van der Waals surface area (Å²) in [5, 5.41) is 2.10. The Morgan fingerprint density at radius 2 is 1.79 bits per heavy atom. The molecule has 0 N–H and O–H groups in total. The van der Waals surface area contributed by atoms with Crippen LogP contribution in [0.25, 0.3) is 44.5 Å². The first-order chi connectivity index (χ1) is 13.3. The quantitative estimate of drug-likeness (QED) is 0.376. The fraction of sp³-hybridized carbons (Fsp3) is 0.261. The summed E-state index contributed by atoms with van der Waals surface area (Å²) in [7, 11) is 0. The van der Waals surface area contributed by atoms with Crippen LogP contribution in [0, 0.1) is 13.8 Å². The normalized spacial score (nSPS) is 12.5. The summed E-state index contributed by atoms with van der Waals surface area (Å²) in [5.41, 5.74) is 6.40. The molecule has 140 valence electrons. The van der Waals surface area contributed by atoms with Crippen LogP contribution in [0.3, 0.4) is 0 Å². The maximum absolute atomic E-state index is 6.00. The van der Waals surface area contributed by atoms with Gasteiger partial charge in [-0.15, -0.1) is 0 Å². The standard InChI is InChI=1S/C23H22N4O/c1-13-11-18-20(14(2)25-13)27(23(3,4)5)21(26-18)15-8-9-16-17-7-6-10-24-22(17)28-19(16)12-15/h6-12H,1-5H3. The Balaban J connectivity index is 1.83. The highest BCUT2D eigenvalue weighted by atomic mass is 16.3. The number of hydrogen-bond donors (Lipinski definition) is 0. The molecule has 0 aliphatic heterocycles. The van der Waals surface area contributed by atoms with E-state index in [4.69, 9.17) is 9.40 Å². The van der Waals surface area contributed by atoms with Crippen molar-refractivity contribution >= 4 is 33.1 Å². The zero-order valence-corrected chi connectivity index (χ0v) is 16.7. The number of imidazole rings is 1. The van der Waals surface area contributed by atoms with Crippen LogP contribution in [0.15, 0.2) is 47.0 Å². The molecule has 4 heterocycles. The monoisotopic (exact) mass is 370 g/mol. The highest BCUT2D eigenvalue weighted by Gasteiger charge is 2.24. The van der Waals surface area contributed by atoms with Crippen molar-refractivity contribution in [3.8, 4) is 11.4 Å². The van der Waals surface area contributed by atoms with Gasteiger partial charge in [-0.3, -0.25) is 4.98 Å². The molecule has 4 aromatic heterocycles. The molecule has 0 aliphatic rings. The van der Waals surface area contributed by atoms with Crippen LogP contribution in [0.1, 0.15) is 32.2 Å². The molecule has 0 saturated carbocycles. The summed E-state index contributed by atoms with van der Waals surface area (Å²) in [6.45, 7) is 10.6. The second-order valence-corrected chi connectivity index (χ2v) is 8.33. The van der Waals surface area contributed by atoms with E-state index in [9.17, 15) is 0 Å². The molecule has 5 aromatic rings. The molecule has 1 aromatic carbocycles. The van der Waals surface area contributed by atoms with E-state index in [1.807, 2.05) is 19.1 Å². The van der Waals surface area contributed by atoms with Gasteiger partial charge in [0.05, 0.1) is 16.7 Å². The van der Waals surface area contributed by atoms with Crippen LogP contribution in [0.2, 0.25) is 0 Å². The molecule has 0 aliphatic carbocycles. The fourth-order valence-electron chi connectivity index (χ4n) is 4.03. The highest BCUT2D eigenvalue weighted by Crippen LogP contribution is 2.35. The topological polar surface area (TPSA) is 56.7 Å². The molecule has 0 atom stereocenters. The average Bonchev–Trinajstić information content (AvgIpc) is 3.19. The Morgan fingerprint density at radius 3 is 2.57 bits per heavy atom. The van der Waals surface area contributed by atoms with Crippen LogP contribution in [0.4, 0.5) is 0 Å². The Labute approximate surface area is 163 Å². The molecule has 0 radical (unpaired) electrons. The van der Waals surface area contributed by atoms with Gasteiger partial charge < -0.3 is 8.98 Å². The van der Waals surface area contributed by atoms with Crippen molar-refractivity contribution in [3.63, 3.8) is 0 Å². The average molecular weight is 370 g/mol. The van der Waals surface area contributed by atoms with Gasteiger partial charge in [0.15, 0.2) is 0 Å². The number of nitrogens with zero attached hydrogens (tertiary/aromatic N) is 4. The van der Waals surface area contributed by atoms with Crippen molar-refractivity contribution in [2.24, 2.45) is 0 Å². The summed E-state index contributed by atoms with van der Waals surface area (Å²) in [6.07, 6.45) is 1.75. The first kappa shape index (κ1) is 16.9. The highest BCUT2D eigenvalue weighted by molar-refractivity contribution is 6.04. The lowest BCUT2D eigenvalue weighted by atomic mass is 10.1. The third-order valence-corrected chi connectivity index (χ3v) is 5.12. The van der Waals surface area contributed by atoms with E-state index in [1.54, 1.807) is 6.20 Å². The van der Waals surface area contributed by atoms with Gasteiger partial charge in [0.25, 0.3) is 0 Å². The number of pyridine rings is 2. The lowest BCUT2D eigenvalue weighted by Gasteiger charge is -2.25.